The van der Waals surface area contributed by atoms with Crippen molar-refractivity contribution in [2.24, 2.45) is 0 Å². The van der Waals surface area contributed by atoms with E-state index in [1.54, 1.807) is 4.52 Å². The highest BCUT2D eigenvalue weighted by molar-refractivity contribution is 6.41. The lowest BCUT2D eigenvalue weighted by molar-refractivity contribution is 0.0964. The summed E-state index contributed by atoms with van der Waals surface area (Å²) in [4.78, 5) is 16.8. The number of fused-ring (bicyclic) bond motifs is 1. The van der Waals surface area contributed by atoms with Gasteiger partial charge in [0.25, 0.3) is 5.91 Å². The number of rotatable bonds is 3. The van der Waals surface area contributed by atoms with Gasteiger partial charge in [0.1, 0.15) is 5.56 Å². The highest BCUT2D eigenvalue weighted by atomic mass is 35.5. The number of aryl methyl sites for hydroxylation is 2. The van der Waals surface area contributed by atoms with Gasteiger partial charge in [0.2, 0.25) is 0 Å². The first-order valence-corrected chi connectivity index (χ1v) is 8.03. The lowest BCUT2D eigenvalue weighted by Crippen LogP contribution is -2.29. The van der Waals surface area contributed by atoms with E-state index in [1.807, 2.05) is 19.9 Å². The van der Waals surface area contributed by atoms with E-state index in [9.17, 15) is 4.79 Å². The highest BCUT2D eigenvalue weighted by Crippen LogP contribution is 2.33. The molecule has 2 N–H and O–H groups in total. The van der Waals surface area contributed by atoms with Crippen LogP contribution in [0.5, 0.6) is 0 Å². The molecule has 124 valence electrons. The van der Waals surface area contributed by atoms with Gasteiger partial charge < -0.3 is 0 Å². The number of nitrogens with zero attached hydrogens (tertiary/aromatic N) is 3. The number of benzene rings is 1. The van der Waals surface area contributed by atoms with Crippen LogP contribution in [0.3, 0.4) is 0 Å². The second-order valence-electron chi connectivity index (χ2n) is 5.16. The number of hydrogen-bond donors (Lipinski definition) is 2. The quantitative estimate of drug-likeness (QED) is 0.668. The zero-order valence-electron chi connectivity index (χ0n) is 12.7. The maximum atomic E-state index is 12.4. The van der Waals surface area contributed by atoms with Crippen LogP contribution in [0.25, 0.3) is 5.65 Å². The number of aromatic nitrogens is 3. The first-order valence-electron chi connectivity index (χ1n) is 6.89. The van der Waals surface area contributed by atoms with Crippen molar-refractivity contribution in [1.29, 1.82) is 0 Å². The molecule has 0 saturated carbocycles. The molecule has 3 aromatic rings. The van der Waals surface area contributed by atoms with Crippen LogP contribution in [0.4, 0.5) is 5.69 Å². The summed E-state index contributed by atoms with van der Waals surface area (Å²) in [6, 6.07) is 4.92. The van der Waals surface area contributed by atoms with Crippen LogP contribution in [0, 0.1) is 13.8 Å². The fraction of sp³-hybridized carbons (Fsp3) is 0.133. The lowest BCUT2D eigenvalue weighted by Gasteiger charge is -2.11. The largest absolute Gasteiger partial charge is 0.295 e. The van der Waals surface area contributed by atoms with Crippen molar-refractivity contribution in [2.75, 3.05) is 5.43 Å². The second kappa shape index (κ2) is 6.47. The molecular weight excluding hydrogens is 373 g/mol. The first kappa shape index (κ1) is 16.8. The lowest BCUT2D eigenvalue weighted by atomic mass is 10.3. The molecule has 0 aliphatic carbocycles. The van der Waals surface area contributed by atoms with Crippen LogP contribution in [-0.2, 0) is 0 Å². The second-order valence-corrected chi connectivity index (χ2v) is 6.41. The third-order valence-electron chi connectivity index (χ3n) is 3.33. The predicted octanol–water partition coefficient (Wildman–Crippen LogP) is 4.06. The molecule has 0 atom stereocenters. The first-order chi connectivity index (χ1) is 11.4. The van der Waals surface area contributed by atoms with Gasteiger partial charge in [-0.15, -0.1) is 0 Å². The molecule has 0 spiro atoms. The zero-order valence-corrected chi connectivity index (χ0v) is 15.0. The molecule has 6 nitrogen and oxygen atoms in total. The molecule has 2 aromatic heterocycles. The number of anilines is 1. The number of hydrazine groups is 1. The number of amides is 1. The van der Waals surface area contributed by atoms with Gasteiger partial charge in [-0.3, -0.25) is 15.6 Å². The molecule has 0 aliphatic heterocycles. The Labute approximate surface area is 152 Å². The molecule has 24 heavy (non-hydrogen) atoms. The van der Waals surface area contributed by atoms with Crippen molar-refractivity contribution >= 4 is 52.0 Å². The van der Waals surface area contributed by atoms with E-state index in [2.05, 4.69) is 20.9 Å². The van der Waals surface area contributed by atoms with E-state index in [-0.39, 0.29) is 10.0 Å². The molecule has 0 radical (unpaired) electrons. The highest BCUT2D eigenvalue weighted by Gasteiger charge is 2.16. The molecule has 0 fully saturated rings. The van der Waals surface area contributed by atoms with Gasteiger partial charge in [0.15, 0.2) is 5.65 Å². The van der Waals surface area contributed by atoms with Gasteiger partial charge in [-0.05, 0) is 32.0 Å². The number of hydrogen-bond acceptors (Lipinski definition) is 4. The summed E-state index contributed by atoms with van der Waals surface area (Å²) in [7, 11) is 0. The fourth-order valence-corrected chi connectivity index (χ4v) is 3.19. The molecule has 9 heteroatoms. The topological polar surface area (TPSA) is 71.3 Å². The smallest absolute Gasteiger partial charge is 0.275 e. The fourth-order valence-electron chi connectivity index (χ4n) is 2.28. The Kier molecular flexibility index (Phi) is 4.54. The minimum atomic E-state index is -0.412. The van der Waals surface area contributed by atoms with Gasteiger partial charge >= 0.3 is 0 Å². The Morgan fingerprint density at radius 1 is 1.12 bits per heavy atom. The van der Waals surface area contributed by atoms with Crippen LogP contribution in [0.1, 0.15) is 21.7 Å². The van der Waals surface area contributed by atoms with Crippen LogP contribution in [0.2, 0.25) is 15.1 Å². The van der Waals surface area contributed by atoms with Gasteiger partial charge in [0.05, 0.1) is 21.9 Å². The van der Waals surface area contributed by atoms with Gasteiger partial charge in [-0.2, -0.15) is 5.10 Å². The monoisotopic (exact) mass is 383 g/mol. The summed E-state index contributed by atoms with van der Waals surface area (Å²) < 4.78 is 1.60. The van der Waals surface area contributed by atoms with Crippen molar-refractivity contribution in [3.63, 3.8) is 0 Å². The molecular formula is C15H12Cl3N5O. The van der Waals surface area contributed by atoms with Gasteiger partial charge in [-0.25, -0.2) is 9.50 Å². The SMILES string of the molecule is Cc1cc(C)n2ncc(C(=O)NNc3c(Cl)cc(Cl)cc3Cl)c2n1. The molecule has 1 aromatic carbocycles. The molecule has 3 rings (SSSR count). The number of carbonyl (C=O) groups excluding carboxylic acids is 1. The van der Waals surface area contributed by atoms with Crippen LogP contribution >= 0.6 is 34.8 Å². The summed E-state index contributed by atoms with van der Waals surface area (Å²) in [5, 5.41) is 5.16. The van der Waals surface area contributed by atoms with E-state index < -0.39 is 5.91 Å². The van der Waals surface area contributed by atoms with Gasteiger partial charge in [-0.1, -0.05) is 34.8 Å². The Morgan fingerprint density at radius 3 is 2.46 bits per heavy atom. The van der Waals surface area contributed by atoms with E-state index in [4.69, 9.17) is 34.8 Å². The summed E-state index contributed by atoms with van der Waals surface area (Å²) >= 11 is 18.0. The average Bonchev–Trinajstić information content (AvgIpc) is 2.89. The third-order valence-corrected chi connectivity index (χ3v) is 4.14. The Balaban J connectivity index is 1.87. The number of halogens is 3. The normalized spacial score (nSPS) is 10.9. The molecule has 1 amide bonds. The summed E-state index contributed by atoms with van der Waals surface area (Å²) in [5.74, 6) is -0.412. The molecule has 0 saturated heterocycles. The van der Waals surface area contributed by atoms with E-state index in [1.165, 1.54) is 18.3 Å². The minimum Gasteiger partial charge on any atom is -0.295 e. The van der Waals surface area contributed by atoms with Crippen molar-refractivity contribution in [3.8, 4) is 0 Å². The Morgan fingerprint density at radius 2 is 1.79 bits per heavy atom. The zero-order chi connectivity index (χ0) is 17.4. The van der Waals surface area contributed by atoms with Crippen LogP contribution in [0.15, 0.2) is 24.4 Å². The summed E-state index contributed by atoms with van der Waals surface area (Å²) in [5.41, 5.74) is 8.08. The summed E-state index contributed by atoms with van der Waals surface area (Å²) in [6.45, 7) is 3.75. The van der Waals surface area contributed by atoms with Crippen molar-refractivity contribution < 1.29 is 4.79 Å². The van der Waals surface area contributed by atoms with E-state index in [0.29, 0.717) is 21.9 Å². The Hall–Kier alpha value is -2.02. The molecule has 0 bridgehead atoms. The number of carbonyl (C=O) groups is 1. The average molecular weight is 385 g/mol. The summed E-state index contributed by atoms with van der Waals surface area (Å²) in [6.07, 6.45) is 1.46. The van der Waals surface area contributed by atoms with E-state index >= 15 is 0 Å². The Bertz CT molecular complexity index is 931. The maximum Gasteiger partial charge on any atom is 0.275 e. The molecule has 2 heterocycles. The number of nitrogens with one attached hydrogen (secondary N) is 2. The minimum absolute atomic E-state index is 0.289. The van der Waals surface area contributed by atoms with Crippen molar-refractivity contribution in [1.82, 2.24) is 20.0 Å². The molecule has 0 aliphatic rings. The predicted molar refractivity (Wildman–Crippen MR) is 95.0 cm³/mol. The van der Waals surface area contributed by atoms with Crippen LogP contribution < -0.4 is 10.9 Å². The third kappa shape index (κ3) is 3.13. The van der Waals surface area contributed by atoms with Crippen molar-refractivity contribution in [3.05, 3.63) is 56.4 Å². The maximum absolute atomic E-state index is 12.4. The standard InChI is InChI=1S/C15H12Cl3N5O/c1-7-3-8(2)23-14(20-7)10(6-19-23)15(24)22-21-13-11(17)4-9(16)5-12(13)18/h3-6,21H,1-2H3,(H,22,24). The van der Waals surface area contributed by atoms with Crippen molar-refractivity contribution in [2.45, 2.75) is 13.8 Å². The van der Waals surface area contributed by atoms with Crippen LogP contribution in [-0.4, -0.2) is 20.5 Å². The van der Waals surface area contributed by atoms with Gasteiger partial charge in [0, 0.05) is 16.4 Å². The molecule has 0 unspecified atom stereocenters. The van der Waals surface area contributed by atoms with E-state index in [0.717, 1.165) is 11.4 Å².